The lowest BCUT2D eigenvalue weighted by Crippen LogP contribution is -2.43. The molecule has 0 radical (unpaired) electrons. The number of nitrogens with one attached hydrogen (secondary N) is 1. The van der Waals surface area contributed by atoms with Crippen LogP contribution in [-0.2, 0) is 13.0 Å². The van der Waals surface area contributed by atoms with Gasteiger partial charge >= 0.3 is 0 Å². The van der Waals surface area contributed by atoms with Crippen molar-refractivity contribution in [1.29, 1.82) is 0 Å². The van der Waals surface area contributed by atoms with Crippen molar-refractivity contribution in [2.45, 2.75) is 38.3 Å². The van der Waals surface area contributed by atoms with E-state index >= 15 is 0 Å². The van der Waals surface area contributed by atoms with Crippen LogP contribution in [0.15, 0.2) is 52.1 Å². The van der Waals surface area contributed by atoms with Gasteiger partial charge in [0, 0.05) is 32.1 Å². The smallest absolute Gasteiger partial charge is 0.194 e. The fourth-order valence-corrected chi connectivity index (χ4v) is 4.26. The maximum atomic E-state index is 5.46. The number of furan rings is 1. The average Bonchev–Trinajstić information content (AvgIpc) is 3.53. The van der Waals surface area contributed by atoms with Gasteiger partial charge in [0.05, 0.1) is 19.9 Å². The van der Waals surface area contributed by atoms with Crippen LogP contribution in [0.25, 0.3) is 0 Å². The molecule has 2 aliphatic rings. The van der Waals surface area contributed by atoms with Crippen LogP contribution in [0.3, 0.4) is 0 Å². The Bertz CT molecular complexity index is 767. The summed E-state index contributed by atoms with van der Waals surface area (Å²) in [6.07, 6.45) is 6.50. The maximum Gasteiger partial charge on any atom is 0.194 e. The molecule has 1 unspecified atom stereocenters. The molecule has 1 atom stereocenters. The SMILES string of the molecule is COc1ccc(CN=C(NCCc2ccco2)N2CCC(N3CCCC3)C2)cc1. The summed E-state index contributed by atoms with van der Waals surface area (Å²) in [7, 11) is 1.69. The van der Waals surface area contributed by atoms with Crippen molar-refractivity contribution in [2.24, 2.45) is 4.99 Å². The van der Waals surface area contributed by atoms with Crippen LogP contribution >= 0.6 is 0 Å². The van der Waals surface area contributed by atoms with Crippen molar-refractivity contribution in [3.05, 3.63) is 54.0 Å². The molecule has 2 saturated heterocycles. The van der Waals surface area contributed by atoms with Gasteiger partial charge < -0.3 is 19.4 Å². The normalized spacial score (nSPS) is 20.4. The number of methoxy groups -OCH3 is 1. The summed E-state index contributed by atoms with van der Waals surface area (Å²) >= 11 is 0. The zero-order valence-electron chi connectivity index (χ0n) is 17.3. The van der Waals surface area contributed by atoms with Gasteiger partial charge in [0.25, 0.3) is 0 Å². The molecule has 1 aromatic carbocycles. The number of nitrogens with zero attached hydrogens (tertiary/aromatic N) is 3. The molecule has 3 heterocycles. The van der Waals surface area contributed by atoms with Gasteiger partial charge in [0.2, 0.25) is 0 Å². The van der Waals surface area contributed by atoms with E-state index in [1.807, 2.05) is 24.3 Å². The standard InChI is InChI=1S/C23H32N4O2/c1-28-21-8-6-19(7-9-21)17-25-23(24-12-10-22-5-4-16-29-22)27-15-11-20(18-27)26-13-2-3-14-26/h4-9,16,20H,2-3,10-15,17-18H2,1H3,(H,24,25). The highest BCUT2D eigenvalue weighted by Gasteiger charge is 2.30. The molecule has 1 N–H and O–H groups in total. The average molecular weight is 397 g/mol. The second-order valence-electron chi connectivity index (χ2n) is 7.88. The topological polar surface area (TPSA) is 53.2 Å². The summed E-state index contributed by atoms with van der Waals surface area (Å²) in [4.78, 5) is 10.0. The molecule has 0 amide bonds. The number of aliphatic imine (C=N–C) groups is 1. The van der Waals surface area contributed by atoms with Gasteiger partial charge in [-0.05, 0) is 62.2 Å². The highest BCUT2D eigenvalue weighted by Crippen LogP contribution is 2.21. The summed E-state index contributed by atoms with van der Waals surface area (Å²) in [5.74, 6) is 2.89. The van der Waals surface area contributed by atoms with Crippen molar-refractivity contribution < 1.29 is 9.15 Å². The Morgan fingerprint density at radius 1 is 1.17 bits per heavy atom. The quantitative estimate of drug-likeness (QED) is 0.576. The molecular formula is C23H32N4O2. The molecule has 6 nitrogen and oxygen atoms in total. The highest BCUT2D eigenvalue weighted by molar-refractivity contribution is 5.80. The fraction of sp³-hybridized carbons (Fsp3) is 0.522. The molecule has 1 aromatic heterocycles. The third kappa shape index (κ3) is 5.32. The molecule has 156 valence electrons. The number of ether oxygens (including phenoxy) is 1. The lowest BCUT2D eigenvalue weighted by molar-refractivity contribution is 0.249. The van der Waals surface area contributed by atoms with Crippen LogP contribution in [0.1, 0.15) is 30.6 Å². The first-order valence-electron chi connectivity index (χ1n) is 10.7. The molecule has 0 aliphatic carbocycles. The Morgan fingerprint density at radius 3 is 2.72 bits per heavy atom. The molecule has 4 rings (SSSR count). The number of benzene rings is 1. The molecule has 6 heteroatoms. The summed E-state index contributed by atoms with van der Waals surface area (Å²) < 4.78 is 10.7. The van der Waals surface area contributed by atoms with Gasteiger partial charge in [0.1, 0.15) is 11.5 Å². The minimum atomic E-state index is 0.663. The Morgan fingerprint density at radius 2 is 2.00 bits per heavy atom. The maximum absolute atomic E-state index is 5.46. The van der Waals surface area contributed by atoms with Gasteiger partial charge in [-0.1, -0.05) is 12.1 Å². The van der Waals surface area contributed by atoms with Crippen LogP contribution in [-0.4, -0.2) is 61.6 Å². The predicted octanol–water partition coefficient (Wildman–Crippen LogP) is 3.15. The van der Waals surface area contributed by atoms with Crippen molar-refractivity contribution in [2.75, 3.05) is 39.8 Å². The number of guanidine groups is 1. The first-order chi connectivity index (χ1) is 14.3. The molecule has 29 heavy (non-hydrogen) atoms. The Kier molecular flexibility index (Phi) is 6.72. The zero-order chi connectivity index (χ0) is 19.9. The lowest BCUT2D eigenvalue weighted by Gasteiger charge is -2.25. The minimum absolute atomic E-state index is 0.663. The lowest BCUT2D eigenvalue weighted by atomic mass is 10.2. The zero-order valence-corrected chi connectivity index (χ0v) is 17.3. The van der Waals surface area contributed by atoms with E-state index in [4.69, 9.17) is 14.1 Å². The Balaban J connectivity index is 1.39. The summed E-state index contributed by atoms with van der Waals surface area (Å²) in [5.41, 5.74) is 1.19. The summed E-state index contributed by atoms with van der Waals surface area (Å²) in [6, 6.07) is 12.8. The second kappa shape index (κ2) is 9.83. The van der Waals surface area contributed by atoms with E-state index in [1.165, 1.54) is 37.9 Å². The third-order valence-corrected chi connectivity index (χ3v) is 5.93. The fourth-order valence-electron chi connectivity index (χ4n) is 4.26. The number of likely N-dealkylation sites (tertiary alicyclic amines) is 2. The van der Waals surface area contributed by atoms with Crippen molar-refractivity contribution >= 4 is 5.96 Å². The molecule has 0 saturated carbocycles. The summed E-state index contributed by atoms with van der Waals surface area (Å²) in [6.45, 7) is 6.12. The molecule has 2 aromatic rings. The van der Waals surface area contributed by atoms with Gasteiger partial charge in [-0.3, -0.25) is 4.90 Å². The van der Waals surface area contributed by atoms with E-state index in [0.717, 1.165) is 43.5 Å². The van der Waals surface area contributed by atoms with Gasteiger partial charge in [-0.25, -0.2) is 4.99 Å². The van der Waals surface area contributed by atoms with E-state index < -0.39 is 0 Å². The van der Waals surface area contributed by atoms with Gasteiger partial charge in [-0.15, -0.1) is 0 Å². The van der Waals surface area contributed by atoms with Crippen LogP contribution in [0.4, 0.5) is 0 Å². The minimum Gasteiger partial charge on any atom is -0.497 e. The molecule has 0 bridgehead atoms. The first kappa shape index (κ1) is 19.8. The molecule has 2 fully saturated rings. The van der Waals surface area contributed by atoms with Crippen molar-refractivity contribution in [3.63, 3.8) is 0 Å². The van der Waals surface area contributed by atoms with Crippen LogP contribution in [0, 0.1) is 0 Å². The van der Waals surface area contributed by atoms with Crippen molar-refractivity contribution in [3.8, 4) is 5.75 Å². The summed E-state index contributed by atoms with van der Waals surface area (Å²) in [5, 5.41) is 3.58. The molecule has 0 spiro atoms. The monoisotopic (exact) mass is 396 g/mol. The first-order valence-corrected chi connectivity index (χ1v) is 10.7. The Hall–Kier alpha value is -2.47. The van der Waals surface area contributed by atoms with E-state index in [-0.39, 0.29) is 0 Å². The van der Waals surface area contributed by atoms with Crippen LogP contribution < -0.4 is 10.1 Å². The largest absolute Gasteiger partial charge is 0.497 e. The second-order valence-corrected chi connectivity index (χ2v) is 7.88. The number of rotatable bonds is 7. The Labute approximate surface area is 173 Å². The van der Waals surface area contributed by atoms with Crippen molar-refractivity contribution in [1.82, 2.24) is 15.1 Å². The van der Waals surface area contributed by atoms with E-state index in [1.54, 1.807) is 13.4 Å². The number of hydrogen-bond donors (Lipinski definition) is 1. The number of hydrogen-bond acceptors (Lipinski definition) is 4. The van der Waals surface area contributed by atoms with Crippen LogP contribution in [0.2, 0.25) is 0 Å². The highest BCUT2D eigenvalue weighted by atomic mass is 16.5. The third-order valence-electron chi connectivity index (χ3n) is 5.93. The molecule has 2 aliphatic heterocycles. The van der Waals surface area contributed by atoms with Crippen LogP contribution in [0.5, 0.6) is 5.75 Å². The molecular weight excluding hydrogens is 364 g/mol. The van der Waals surface area contributed by atoms with E-state index in [2.05, 4.69) is 27.2 Å². The predicted molar refractivity (Wildman–Crippen MR) is 115 cm³/mol. The van der Waals surface area contributed by atoms with E-state index in [0.29, 0.717) is 12.6 Å². The van der Waals surface area contributed by atoms with Gasteiger partial charge in [0.15, 0.2) is 5.96 Å². The van der Waals surface area contributed by atoms with Gasteiger partial charge in [-0.2, -0.15) is 0 Å². The van der Waals surface area contributed by atoms with E-state index in [9.17, 15) is 0 Å².